The summed E-state index contributed by atoms with van der Waals surface area (Å²) in [5.74, 6) is -0.0878. The number of hydrogen-bond acceptors (Lipinski definition) is 1. The monoisotopic (exact) mass is 293 g/mol. The fraction of sp³-hybridized carbons (Fsp3) is 0.250. The standard InChI is InChI=1S/C20H23NO/c1-15(14-20(2,3)4)16-10-12-17(13-11-16)19(22)21-18-8-6-5-7-9-18/h5-14H,1-4H3,(H,21,22). The van der Waals surface area contributed by atoms with Gasteiger partial charge in [-0.3, -0.25) is 4.79 Å². The molecule has 2 rings (SSSR count). The van der Waals surface area contributed by atoms with Crippen molar-refractivity contribution < 1.29 is 4.79 Å². The van der Waals surface area contributed by atoms with Gasteiger partial charge in [0, 0.05) is 11.3 Å². The summed E-state index contributed by atoms with van der Waals surface area (Å²) >= 11 is 0. The Morgan fingerprint density at radius 1 is 0.909 bits per heavy atom. The Bertz CT molecular complexity index is 661. The number of amides is 1. The number of para-hydroxylation sites is 1. The third kappa shape index (κ3) is 4.59. The topological polar surface area (TPSA) is 29.1 Å². The predicted molar refractivity (Wildman–Crippen MR) is 93.9 cm³/mol. The lowest BCUT2D eigenvalue weighted by Gasteiger charge is -2.14. The van der Waals surface area contributed by atoms with E-state index in [1.165, 1.54) is 5.57 Å². The van der Waals surface area contributed by atoms with Crippen molar-refractivity contribution in [1.82, 2.24) is 0 Å². The summed E-state index contributed by atoms with van der Waals surface area (Å²) in [7, 11) is 0. The van der Waals surface area contributed by atoms with Crippen LogP contribution in [0, 0.1) is 5.41 Å². The van der Waals surface area contributed by atoms with Crippen LogP contribution in [0.1, 0.15) is 43.6 Å². The van der Waals surface area contributed by atoms with Gasteiger partial charge in [0.05, 0.1) is 0 Å². The average molecular weight is 293 g/mol. The van der Waals surface area contributed by atoms with E-state index in [2.05, 4.69) is 39.1 Å². The van der Waals surface area contributed by atoms with Crippen LogP contribution in [0.5, 0.6) is 0 Å². The molecule has 2 aromatic rings. The quantitative estimate of drug-likeness (QED) is 0.807. The van der Waals surface area contributed by atoms with Crippen LogP contribution in [-0.2, 0) is 0 Å². The second kappa shape index (κ2) is 6.61. The van der Waals surface area contributed by atoms with Gasteiger partial charge in [-0.05, 0) is 47.7 Å². The summed E-state index contributed by atoms with van der Waals surface area (Å²) in [6, 6.07) is 17.2. The van der Waals surface area contributed by atoms with Crippen molar-refractivity contribution in [3.63, 3.8) is 0 Å². The van der Waals surface area contributed by atoms with Gasteiger partial charge in [0.25, 0.3) is 5.91 Å². The largest absolute Gasteiger partial charge is 0.322 e. The van der Waals surface area contributed by atoms with E-state index in [-0.39, 0.29) is 11.3 Å². The summed E-state index contributed by atoms with van der Waals surface area (Å²) < 4.78 is 0. The maximum Gasteiger partial charge on any atom is 0.255 e. The van der Waals surface area contributed by atoms with Crippen LogP contribution in [0.4, 0.5) is 5.69 Å². The summed E-state index contributed by atoms with van der Waals surface area (Å²) in [6.07, 6.45) is 2.24. The van der Waals surface area contributed by atoms with Crippen LogP contribution in [0.2, 0.25) is 0 Å². The first-order chi connectivity index (χ1) is 10.3. The molecule has 22 heavy (non-hydrogen) atoms. The fourth-order valence-electron chi connectivity index (χ4n) is 2.34. The summed E-state index contributed by atoms with van der Waals surface area (Å²) in [5, 5.41) is 2.89. The number of hydrogen-bond donors (Lipinski definition) is 1. The van der Waals surface area contributed by atoms with Crippen molar-refractivity contribution >= 4 is 17.2 Å². The van der Waals surface area contributed by atoms with E-state index in [0.29, 0.717) is 5.56 Å². The molecule has 2 aromatic carbocycles. The molecule has 0 fully saturated rings. The molecule has 0 saturated heterocycles. The molecule has 1 N–H and O–H groups in total. The van der Waals surface area contributed by atoms with Crippen LogP contribution in [0.3, 0.4) is 0 Å². The maximum atomic E-state index is 12.2. The van der Waals surface area contributed by atoms with E-state index in [9.17, 15) is 4.79 Å². The van der Waals surface area contributed by atoms with E-state index in [0.717, 1.165) is 11.3 Å². The van der Waals surface area contributed by atoms with E-state index in [4.69, 9.17) is 0 Å². The molecule has 0 aliphatic heterocycles. The molecular formula is C20H23NO. The van der Waals surface area contributed by atoms with Crippen molar-refractivity contribution in [3.05, 3.63) is 71.8 Å². The van der Waals surface area contributed by atoms with Crippen LogP contribution < -0.4 is 5.32 Å². The van der Waals surface area contributed by atoms with Crippen molar-refractivity contribution in [3.8, 4) is 0 Å². The molecule has 114 valence electrons. The van der Waals surface area contributed by atoms with Gasteiger partial charge in [-0.1, -0.05) is 57.2 Å². The minimum atomic E-state index is -0.0878. The molecule has 0 radical (unpaired) electrons. The fourth-order valence-corrected chi connectivity index (χ4v) is 2.34. The lowest BCUT2D eigenvalue weighted by atomic mass is 9.91. The molecule has 0 spiro atoms. The Balaban J connectivity index is 2.12. The first kappa shape index (κ1) is 16.0. The van der Waals surface area contributed by atoms with Crippen molar-refractivity contribution in [2.75, 3.05) is 5.32 Å². The Hall–Kier alpha value is -2.35. The predicted octanol–water partition coefficient (Wildman–Crippen LogP) is 5.39. The van der Waals surface area contributed by atoms with Gasteiger partial charge < -0.3 is 5.32 Å². The molecule has 2 heteroatoms. The van der Waals surface area contributed by atoms with Crippen molar-refractivity contribution in [1.29, 1.82) is 0 Å². The molecule has 1 amide bonds. The molecule has 0 unspecified atom stereocenters. The minimum absolute atomic E-state index is 0.0878. The third-order valence-corrected chi connectivity index (χ3v) is 3.28. The number of nitrogens with one attached hydrogen (secondary N) is 1. The number of benzene rings is 2. The highest BCUT2D eigenvalue weighted by atomic mass is 16.1. The Labute approximate surface area is 132 Å². The number of carbonyl (C=O) groups is 1. The zero-order valence-electron chi connectivity index (χ0n) is 13.7. The van der Waals surface area contributed by atoms with Crippen molar-refractivity contribution in [2.45, 2.75) is 27.7 Å². The summed E-state index contributed by atoms with van der Waals surface area (Å²) in [4.78, 5) is 12.2. The molecule has 0 saturated carbocycles. The number of carbonyl (C=O) groups excluding carboxylic acids is 1. The molecule has 0 aliphatic carbocycles. The highest BCUT2D eigenvalue weighted by molar-refractivity contribution is 6.04. The first-order valence-electron chi connectivity index (χ1n) is 7.51. The van der Waals surface area contributed by atoms with Gasteiger partial charge in [0.1, 0.15) is 0 Å². The van der Waals surface area contributed by atoms with E-state index in [1.807, 2.05) is 54.6 Å². The normalized spacial score (nSPS) is 12.1. The Kier molecular flexibility index (Phi) is 4.81. The molecule has 0 bridgehead atoms. The number of rotatable bonds is 3. The van der Waals surface area contributed by atoms with Crippen LogP contribution in [0.15, 0.2) is 60.7 Å². The van der Waals surface area contributed by atoms with E-state index < -0.39 is 0 Å². The van der Waals surface area contributed by atoms with Gasteiger partial charge in [-0.2, -0.15) is 0 Å². The smallest absolute Gasteiger partial charge is 0.255 e. The highest BCUT2D eigenvalue weighted by Crippen LogP contribution is 2.23. The van der Waals surface area contributed by atoms with Crippen LogP contribution in [-0.4, -0.2) is 5.91 Å². The molecule has 0 heterocycles. The SMILES string of the molecule is CC(=CC(C)(C)C)c1ccc(C(=O)Nc2ccccc2)cc1. The van der Waals surface area contributed by atoms with Gasteiger partial charge in [0.15, 0.2) is 0 Å². The number of anilines is 1. The zero-order valence-corrected chi connectivity index (χ0v) is 13.7. The Morgan fingerprint density at radius 2 is 1.45 bits per heavy atom. The first-order valence-corrected chi connectivity index (χ1v) is 7.51. The second-order valence-electron chi connectivity index (χ2n) is 6.59. The molecule has 0 aromatic heterocycles. The highest BCUT2D eigenvalue weighted by Gasteiger charge is 2.09. The van der Waals surface area contributed by atoms with Crippen molar-refractivity contribution in [2.24, 2.45) is 5.41 Å². The molecule has 0 aliphatic rings. The Morgan fingerprint density at radius 3 is 2.00 bits per heavy atom. The minimum Gasteiger partial charge on any atom is -0.322 e. The molecule has 0 atom stereocenters. The average Bonchev–Trinajstić information content (AvgIpc) is 2.46. The molecular weight excluding hydrogens is 270 g/mol. The van der Waals surface area contributed by atoms with Crippen LogP contribution in [0.25, 0.3) is 5.57 Å². The van der Waals surface area contributed by atoms with E-state index in [1.54, 1.807) is 0 Å². The van der Waals surface area contributed by atoms with Gasteiger partial charge in [-0.25, -0.2) is 0 Å². The van der Waals surface area contributed by atoms with Crippen LogP contribution >= 0.6 is 0 Å². The van der Waals surface area contributed by atoms with Gasteiger partial charge in [0.2, 0.25) is 0 Å². The molecule has 2 nitrogen and oxygen atoms in total. The third-order valence-electron chi connectivity index (χ3n) is 3.28. The lowest BCUT2D eigenvalue weighted by Crippen LogP contribution is -2.11. The van der Waals surface area contributed by atoms with Gasteiger partial charge >= 0.3 is 0 Å². The zero-order chi connectivity index (χ0) is 16.2. The summed E-state index contributed by atoms with van der Waals surface area (Å²) in [6.45, 7) is 8.64. The van der Waals surface area contributed by atoms with Gasteiger partial charge in [-0.15, -0.1) is 0 Å². The maximum absolute atomic E-state index is 12.2. The van der Waals surface area contributed by atoms with E-state index >= 15 is 0 Å². The second-order valence-corrected chi connectivity index (χ2v) is 6.59. The number of allylic oxidation sites excluding steroid dienone is 2. The lowest BCUT2D eigenvalue weighted by molar-refractivity contribution is 0.102. The summed E-state index contributed by atoms with van der Waals surface area (Å²) in [5.41, 5.74) is 3.98.